The van der Waals surface area contributed by atoms with Crippen molar-refractivity contribution in [1.82, 2.24) is 9.78 Å². The molecule has 0 amide bonds. The Hall–Kier alpha value is -2.15. The van der Waals surface area contributed by atoms with Gasteiger partial charge in [-0.2, -0.15) is 5.10 Å². The fourth-order valence-electron chi connectivity index (χ4n) is 2.17. The molecule has 0 saturated carbocycles. The molecule has 0 radical (unpaired) electrons. The summed E-state index contributed by atoms with van der Waals surface area (Å²) in [5.74, 6) is 0.440. The van der Waals surface area contributed by atoms with Gasteiger partial charge in [0, 0.05) is 16.7 Å². The number of anilines is 1. The van der Waals surface area contributed by atoms with Gasteiger partial charge in [-0.1, -0.05) is 23.2 Å². The molecular formula is C16H15Cl3N6. The average molecular weight is 398 g/mol. The van der Waals surface area contributed by atoms with Gasteiger partial charge in [0.1, 0.15) is 24.2 Å². The molecule has 6 nitrogen and oxygen atoms in total. The number of nitrogens with two attached hydrogens (primary N) is 1. The topological polar surface area (TPSA) is 72.4 Å². The SMILES string of the molecule is C[n+]1cccc(Cn2ncc(N=Nc3ccc(Cl)cc3Cl)c2N)c1.[Cl-]. The molecule has 1 aromatic carbocycles. The van der Waals surface area contributed by atoms with E-state index in [4.69, 9.17) is 28.9 Å². The smallest absolute Gasteiger partial charge is 0.173 e. The van der Waals surface area contributed by atoms with Gasteiger partial charge < -0.3 is 18.1 Å². The fourth-order valence-corrected chi connectivity index (χ4v) is 2.62. The van der Waals surface area contributed by atoms with Crippen molar-refractivity contribution in [2.75, 3.05) is 5.73 Å². The van der Waals surface area contributed by atoms with E-state index < -0.39 is 0 Å². The van der Waals surface area contributed by atoms with E-state index in [1.54, 1.807) is 29.1 Å². The van der Waals surface area contributed by atoms with Crippen LogP contribution in [-0.2, 0) is 13.6 Å². The number of hydrogen-bond donors (Lipinski definition) is 1. The van der Waals surface area contributed by atoms with E-state index >= 15 is 0 Å². The van der Waals surface area contributed by atoms with Gasteiger partial charge >= 0.3 is 0 Å². The maximum Gasteiger partial charge on any atom is 0.173 e. The summed E-state index contributed by atoms with van der Waals surface area (Å²) in [7, 11) is 1.96. The zero-order valence-corrected chi connectivity index (χ0v) is 15.5. The molecule has 0 unspecified atom stereocenters. The second kappa shape index (κ2) is 8.29. The first-order valence-electron chi connectivity index (χ1n) is 7.15. The molecule has 0 spiro atoms. The second-order valence-corrected chi connectivity index (χ2v) is 6.09. The van der Waals surface area contributed by atoms with Gasteiger partial charge in [-0.15, -0.1) is 10.2 Å². The molecule has 3 rings (SSSR count). The van der Waals surface area contributed by atoms with Crippen LogP contribution in [0.3, 0.4) is 0 Å². The number of aryl methyl sites for hydroxylation is 1. The van der Waals surface area contributed by atoms with Crippen LogP contribution in [0.1, 0.15) is 5.56 Å². The number of azo groups is 1. The van der Waals surface area contributed by atoms with Crippen molar-refractivity contribution in [1.29, 1.82) is 0 Å². The number of pyridine rings is 1. The van der Waals surface area contributed by atoms with Crippen molar-refractivity contribution in [2.24, 2.45) is 17.3 Å². The zero-order valence-electron chi connectivity index (χ0n) is 13.3. The summed E-state index contributed by atoms with van der Waals surface area (Å²) in [4.78, 5) is 0. The molecule has 0 bridgehead atoms. The number of benzene rings is 1. The van der Waals surface area contributed by atoms with E-state index in [2.05, 4.69) is 15.3 Å². The minimum atomic E-state index is 0. The van der Waals surface area contributed by atoms with Crippen LogP contribution < -0.4 is 22.7 Å². The van der Waals surface area contributed by atoms with Gasteiger partial charge in [-0.05, 0) is 24.3 Å². The monoisotopic (exact) mass is 396 g/mol. The third-order valence-corrected chi connectivity index (χ3v) is 3.91. The lowest BCUT2D eigenvalue weighted by Crippen LogP contribution is -3.00. The van der Waals surface area contributed by atoms with Crippen molar-refractivity contribution in [3.8, 4) is 0 Å². The Bertz CT molecular complexity index is 907. The summed E-state index contributed by atoms with van der Waals surface area (Å²) < 4.78 is 3.64. The first kappa shape index (κ1) is 19.2. The minimum Gasteiger partial charge on any atom is -1.00 e. The first-order chi connectivity index (χ1) is 11.5. The summed E-state index contributed by atoms with van der Waals surface area (Å²) in [6, 6.07) is 8.98. The molecule has 2 aromatic heterocycles. The molecule has 0 aliphatic heterocycles. The number of hydrogen-bond acceptors (Lipinski definition) is 4. The Morgan fingerprint density at radius 1 is 1.20 bits per heavy atom. The molecule has 2 heterocycles. The molecule has 0 atom stereocenters. The molecule has 0 saturated heterocycles. The van der Waals surface area contributed by atoms with Gasteiger partial charge in [0.2, 0.25) is 0 Å². The molecule has 25 heavy (non-hydrogen) atoms. The standard InChI is InChI=1S/C16H15Cl2N6.ClH/c1-23-6-2-3-11(9-23)10-24-16(19)15(8-20-24)22-21-14-5-4-12(17)7-13(14)18;/h2-9H,10,19H2,1H3;1H/q+1;/p-1. The van der Waals surface area contributed by atoms with E-state index in [0.29, 0.717) is 33.8 Å². The van der Waals surface area contributed by atoms with Crippen LogP contribution in [0.2, 0.25) is 10.0 Å². The number of aromatic nitrogens is 3. The van der Waals surface area contributed by atoms with Crippen LogP contribution in [0.4, 0.5) is 17.2 Å². The lowest BCUT2D eigenvalue weighted by molar-refractivity contribution is -0.671. The summed E-state index contributed by atoms with van der Waals surface area (Å²) in [5.41, 5.74) is 8.19. The van der Waals surface area contributed by atoms with E-state index in [0.717, 1.165) is 5.56 Å². The third-order valence-electron chi connectivity index (χ3n) is 3.37. The lowest BCUT2D eigenvalue weighted by atomic mass is 10.3. The Kier molecular flexibility index (Phi) is 6.36. The van der Waals surface area contributed by atoms with Crippen LogP contribution in [0.5, 0.6) is 0 Å². The van der Waals surface area contributed by atoms with E-state index in [1.807, 2.05) is 36.1 Å². The average Bonchev–Trinajstić information content (AvgIpc) is 2.87. The van der Waals surface area contributed by atoms with Crippen LogP contribution in [0, 0.1) is 0 Å². The Balaban J connectivity index is 0.00000225. The van der Waals surface area contributed by atoms with Gasteiger partial charge in [0.25, 0.3) is 0 Å². The lowest BCUT2D eigenvalue weighted by Gasteiger charge is -2.03. The van der Waals surface area contributed by atoms with Crippen LogP contribution >= 0.6 is 23.2 Å². The minimum absolute atomic E-state index is 0. The summed E-state index contributed by atoms with van der Waals surface area (Å²) >= 11 is 11.9. The van der Waals surface area contributed by atoms with Crippen LogP contribution in [0.15, 0.2) is 59.2 Å². The van der Waals surface area contributed by atoms with Crippen molar-refractivity contribution in [3.63, 3.8) is 0 Å². The predicted octanol–water partition coefficient (Wildman–Crippen LogP) is 1.06. The quantitative estimate of drug-likeness (QED) is 0.528. The number of rotatable bonds is 4. The zero-order chi connectivity index (χ0) is 17.1. The van der Waals surface area contributed by atoms with Crippen LogP contribution in [0.25, 0.3) is 0 Å². The molecule has 0 aliphatic carbocycles. The van der Waals surface area contributed by atoms with Gasteiger partial charge in [-0.25, -0.2) is 9.25 Å². The fraction of sp³-hybridized carbons (Fsp3) is 0.125. The maximum atomic E-state index is 6.10. The highest BCUT2D eigenvalue weighted by atomic mass is 35.5. The van der Waals surface area contributed by atoms with Gasteiger partial charge in [-0.3, -0.25) is 0 Å². The van der Waals surface area contributed by atoms with E-state index in [-0.39, 0.29) is 12.4 Å². The molecule has 0 aliphatic rings. The maximum absolute atomic E-state index is 6.10. The Morgan fingerprint density at radius 3 is 2.68 bits per heavy atom. The largest absolute Gasteiger partial charge is 1.00 e. The second-order valence-electron chi connectivity index (χ2n) is 5.25. The highest BCUT2D eigenvalue weighted by Crippen LogP contribution is 2.30. The number of nitrogens with zero attached hydrogens (tertiary/aromatic N) is 5. The van der Waals surface area contributed by atoms with Gasteiger partial charge in [0.05, 0.1) is 17.8 Å². The first-order valence-corrected chi connectivity index (χ1v) is 7.91. The van der Waals surface area contributed by atoms with Crippen molar-refractivity contribution >= 4 is 40.4 Å². The summed E-state index contributed by atoms with van der Waals surface area (Å²) in [6.07, 6.45) is 5.55. The molecule has 2 N–H and O–H groups in total. The van der Waals surface area contributed by atoms with Crippen molar-refractivity contribution in [2.45, 2.75) is 6.54 Å². The highest BCUT2D eigenvalue weighted by Gasteiger charge is 2.09. The van der Waals surface area contributed by atoms with E-state index in [9.17, 15) is 0 Å². The molecule has 3 aromatic rings. The highest BCUT2D eigenvalue weighted by molar-refractivity contribution is 6.36. The number of halogens is 3. The normalized spacial score (nSPS) is 10.8. The molecular weight excluding hydrogens is 383 g/mol. The van der Waals surface area contributed by atoms with E-state index in [1.165, 1.54) is 0 Å². The summed E-state index contributed by atoms with van der Waals surface area (Å²) in [6.45, 7) is 0.553. The van der Waals surface area contributed by atoms with Gasteiger partial charge in [0.15, 0.2) is 12.4 Å². The van der Waals surface area contributed by atoms with Crippen LogP contribution in [-0.4, -0.2) is 9.78 Å². The molecule has 0 fully saturated rings. The summed E-state index contributed by atoms with van der Waals surface area (Å²) in [5, 5.41) is 13.5. The Morgan fingerprint density at radius 2 is 1.96 bits per heavy atom. The molecule has 130 valence electrons. The Labute approximate surface area is 161 Å². The predicted molar refractivity (Wildman–Crippen MR) is 94.0 cm³/mol. The molecule has 9 heteroatoms. The van der Waals surface area contributed by atoms with Crippen molar-refractivity contribution in [3.05, 3.63) is 64.5 Å². The van der Waals surface area contributed by atoms with Crippen molar-refractivity contribution < 1.29 is 17.0 Å². The third kappa shape index (κ3) is 4.69. The number of nitrogen functional groups attached to an aromatic ring is 1.